The van der Waals surface area contributed by atoms with E-state index in [1.54, 1.807) is 0 Å². The number of hydrogen-bond donors (Lipinski definition) is 1. The fourth-order valence-corrected chi connectivity index (χ4v) is 4.24. The van der Waals surface area contributed by atoms with E-state index in [2.05, 4.69) is 12.2 Å². The Morgan fingerprint density at radius 1 is 1.41 bits per heavy atom. The molecule has 3 nitrogen and oxygen atoms in total. The average Bonchev–Trinajstić information content (AvgIpc) is 2.95. The molecule has 2 aliphatic rings. The van der Waals surface area contributed by atoms with Crippen LogP contribution in [0.2, 0.25) is 0 Å². The van der Waals surface area contributed by atoms with Gasteiger partial charge in [-0.2, -0.15) is 0 Å². The van der Waals surface area contributed by atoms with Crippen LogP contribution < -0.4 is 5.32 Å². The Hall–Kier alpha value is -0.450. The maximum absolute atomic E-state index is 6.08. The third-order valence-corrected chi connectivity index (χ3v) is 5.11. The van der Waals surface area contributed by atoms with Crippen LogP contribution in [0.4, 0.5) is 0 Å². The third-order valence-electron chi connectivity index (χ3n) is 3.82. The van der Waals surface area contributed by atoms with E-state index in [0.717, 1.165) is 39.0 Å². The number of nitrogens with one attached hydrogen (secondary N) is 1. The summed E-state index contributed by atoms with van der Waals surface area (Å²) >= 11 is 1.87. The molecule has 1 aliphatic carbocycles. The lowest BCUT2D eigenvalue weighted by molar-refractivity contribution is -0.0392. The number of aromatic nitrogens is 1. The second-order valence-corrected chi connectivity index (χ2v) is 6.03. The van der Waals surface area contributed by atoms with Gasteiger partial charge in [0.25, 0.3) is 0 Å². The lowest BCUT2D eigenvalue weighted by Gasteiger charge is -2.26. The van der Waals surface area contributed by atoms with Crippen molar-refractivity contribution in [1.82, 2.24) is 10.3 Å². The summed E-state index contributed by atoms with van der Waals surface area (Å²) in [4.78, 5) is 6.31. The molecule has 0 spiro atoms. The average molecular weight is 252 g/mol. The Balaban J connectivity index is 1.93. The predicted molar refractivity (Wildman–Crippen MR) is 69.3 cm³/mol. The van der Waals surface area contributed by atoms with Gasteiger partial charge in [0.2, 0.25) is 0 Å². The Morgan fingerprint density at radius 3 is 2.94 bits per heavy atom. The molecule has 1 fully saturated rings. The van der Waals surface area contributed by atoms with E-state index < -0.39 is 0 Å². The number of hydrogen-bond acceptors (Lipinski definition) is 4. The van der Waals surface area contributed by atoms with Gasteiger partial charge in [-0.05, 0) is 19.8 Å². The second kappa shape index (κ2) is 4.67. The van der Waals surface area contributed by atoms with E-state index in [9.17, 15) is 0 Å². The normalized spacial score (nSPS) is 22.6. The van der Waals surface area contributed by atoms with Gasteiger partial charge in [0, 0.05) is 31.0 Å². The van der Waals surface area contributed by atoms with Gasteiger partial charge in [-0.1, -0.05) is 12.8 Å². The summed E-state index contributed by atoms with van der Waals surface area (Å²) in [7, 11) is 0. The van der Waals surface area contributed by atoms with Crippen molar-refractivity contribution in [1.29, 1.82) is 0 Å². The first kappa shape index (κ1) is 11.6. The first-order chi connectivity index (χ1) is 8.34. The van der Waals surface area contributed by atoms with E-state index in [1.165, 1.54) is 28.4 Å². The SMILES string of the molecule is CCOC1(c2nc3c(s2)CNCC3)CCCC1. The Kier molecular flexibility index (Phi) is 3.19. The van der Waals surface area contributed by atoms with Gasteiger partial charge in [0.15, 0.2) is 0 Å². The van der Waals surface area contributed by atoms with Crippen LogP contribution >= 0.6 is 11.3 Å². The van der Waals surface area contributed by atoms with Crippen LogP contribution in [-0.2, 0) is 23.3 Å². The summed E-state index contributed by atoms with van der Waals surface area (Å²) in [6, 6.07) is 0. The molecule has 4 heteroatoms. The highest BCUT2D eigenvalue weighted by Crippen LogP contribution is 2.44. The van der Waals surface area contributed by atoms with E-state index in [0.29, 0.717) is 0 Å². The second-order valence-electron chi connectivity index (χ2n) is 4.95. The summed E-state index contributed by atoms with van der Waals surface area (Å²) in [5, 5.41) is 4.66. The minimum absolute atomic E-state index is 0.0449. The van der Waals surface area contributed by atoms with Crippen LogP contribution in [0.15, 0.2) is 0 Å². The molecule has 1 aromatic rings. The Labute approximate surface area is 107 Å². The molecule has 1 N–H and O–H groups in total. The van der Waals surface area contributed by atoms with Crippen molar-refractivity contribution < 1.29 is 4.74 Å². The first-order valence-electron chi connectivity index (χ1n) is 6.68. The van der Waals surface area contributed by atoms with Crippen molar-refractivity contribution in [2.45, 2.75) is 51.2 Å². The summed E-state index contributed by atoms with van der Waals surface area (Å²) in [6.07, 6.45) is 5.94. The molecular formula is C13H20N2OS. The molecule has 0 saturated heterocycles. The smallest absolute Gasteiger partial charge is 0.125 e. The largest absolute Gasteiger partial charge is 0.368 e. The van der Waals surface area contributed by atoms with Gasteiger partial charge in [-0.15, -0.1) is 11.3 Å². The van der Waals surface area contributed by atoms with Crippen molar-refractivity contribution in [2.24, 2.45) is 0 Å². The molecule has 0 radical (unpaired) electrons. The van der Waals surface area contributed by atoms with E-state index in [-0.39, 0.29) is 5.60 Å². The number of thiazole rings is 1. The summed E-state index contributed by atoms with van der Waals surface area (Å²) in [5.41, 5.74) is 1.27. The van der Waals surface area contributed by atoms with Gasteiger partial charge in [0.05, 0.1) is 5.69 Å². The molecule has 0 bridgehead atoms. The number of nitrogens with zero attached hydrogens (tertiary/aromatic N) is 1. The maximum Gasteiger partial charge on any atom is 0.125 e. The maximum atomic E-state index is 6.08. The zero-order chi connectivity index (χ0) is 11.7. The van der Waals surface area contributed by atoms with Gasteiger partial charge < -0.3 is 10.1 Å². The van der Waals surface area contributed by atoms with Crippen molar-refractivity contribution in [3.63, 3.8) is 0 Å². The molecule has 94 valence electrons. The zero-order valence-electron chi connectivity index (χ0n) is 10.4. The van der Waals surface area contributed by atoms with Crippen LogP contribution in [0.5, 0.6) is 0 Å². The Bertz CT molecular complexity index is 373. The topological polar surface area (TPSA) is 34.1 Å². The fraction of sp³-hybridized carbons (Fsp3) is 0.769. The molecule has 2 heterocycles. The number of ether oxygens (including phenoxy) is 1. The van der Waals surface area contributed by atoms with Crippen LogP contribution in [0, 0.1) is 0 Å². The van der Waals surface area contributed by atoms with Crippen LogP contribution in [0.1, 0.15) is 48.2 Å². The molecule has 0 amide bonds. The zero-order valence-corrected chi connectivity index (χ0v) is 11.2. The van der Waals surface area contributed by atoms with E-state index >= 15 is 0 Å². The molecule has 1 aromatic heterocycles. The lowest BCUT2D eigenvalue weighted by Crippen LogP contribution is -2.26. The predicted octanol–water partition coefficient (Wildman–Crippen LogP) is 2.59. The van der Waals surface area contributed by atoms with E-state index in [1.807, 2.05) is 11.3 Å². The first-order valence-corrected chi connectivity index (χ1v) is 7.49. The highest BCUT2D eigenvalue weighted by Gasteiger charge is 2.39. The molecule has 1 aliphatic heterocycles. The molecule has 0 unspecified atom stereocenters. The van der Waals surface area contributed by atoms with Crippen LogP contribution in [0.3, 0.4) is 0 Å². The monoisotopic (exact) mass is 252 g/mol. The summed E-state index contributed by atoms with van der Waals surface area (Å²) < 4.78 is 6.08. The standard InChI is InChI=1S/C13H20N2OS/c1-2-16-13(6-3-4-7-13)12-15-10-5-8-14-9-11(10)17-12/h14H,2-9H2,1H3. The third kappa shape index (κ3) is 2.02. The molecule has 1 saturated carbocycles. The summed E-state index contributed by atoms with van der Waals surface area (Å²) in [5.74, 6) is 0. The highest BCUT2D eigenvalue weighted by molar-refractivity contribution is 7.11. The van der Waals surface area contributed by atoms with Crippen molar-refractivity contribution in [2.75, 3.05) is 13.2 Å². The van der Waals surface area contributed by atoms with Crippen molar-refractivity contribution in [3.8, 4) is 0 Å². The number of fused-ring (bicyclic) bond motifs is 1. The quantitative estimate of drug-likeness (QED) is 0.898. The molecule has 17 heavy (non-hydrogen) atoms. The van der Waals surface area contributed by atoms with Gasteiger partial charge in [-0.3, -0.25) is 0 Å². The van der Waals surface area contributed by atoms with Gasteiger partial charge >= 0.3 is 0 Å². The van der Waals surface area contributed by atoms with Crippen molar-refractivity contribution in [3.05, 3.63) is 15.6 Å². The molecule has 0 aromatic carbocycles. The fourth-order valence-electron chi connectivity index (χ4n) is 2.96. The minimum Gasteiger partial charge on any atom is -0.368 e. The van der Waals surface area contributed by atoms with E-state index in [4.69, 9.17) is 9.72 Å². The molecule has 3 rings (SSSR count). The minimum atomic E-state index is -0.0449. The highest BCUT2D eigenvalue weighted by atomic mass is 32.1. The molecular weight excluding hydrogens is 232 g/mol. The van der Waals surface area contributed by atoms with Crippen LogP contribution in [0.25, 0.3) is 0 Å². The number of rotatable bonds is 3. The van der Waals surface area contributed by atoms with Gasteiger partial charge in [0.1, 0.15) is 10.6 Å². The Morgan fingerprint density at radius 2 is 2.24 bits per heavy atom. The van der Waals surface area contributed by atoms with Crippen molar-refractivity contribution >= 4 is 11.3 Å². The molecule has 0 atom stereocenters. The van der Waals surface area contributed by atoms with Gasteiger partial charge in [-0.25, -0.2) is 4.98 Å². The lowest BCUT2D eigenvalue weighted by atomic mass is 10.0. The summed E-state index contributed by atoms with van der Waals surface area (Å²) in [6.45, 7) is 4.95. The van der Waals surface area contributed by atoms with Crippen LogP contribution in [-0.4, -0.2) is 18.1 Å².